The van der Waals surface area contributed by atoms with Crippen LogP contribution in [0.1, 0.15) is 109 Å². The molecule has 4 atom stereocenters. The van der Waals surface area contributed by atoms with Crippen LogP contribution in [0.2, 0.25) is 0 Å². The first-order chi connectivity index (χ1) is 25.2. The highest BCUT2D eigenvalue weighted by atomic mass is 31.1. The lowest BCUT2D eigenvalue weighted by Crippen LogP contribution is -2.76. The first-order valence-corrected chi connectivity index (χ1v) is 23.3. The number of fused-ring (bicyclic) bond motifs is 7. The summed E-state index contributed by atoms with van der Waals surface area (Å²) in [6.07, 6.45) is 3.92. The van der Waals surface area contributed by atoms with Crippen molar-refractivity contribution < 1.29 is 0 Å². The van der Waals surface area contributed by atoms with Crippen LogP contribution in [0.25, 0.3) is 10.5 Å². The Kier molecular flexibility index (Phi) is 9.75. The summed E-state index contributed by atoms with van der Waals surface area (Å²) in [7, 11) is -3.95. The molecule has 5 heteroatoms. The molecule has 0 aromatic heterocycles. The summed E-state index contributed by atoms with van der Waals surface area (Å²) >= 11 is 0. The Morgan fingerprint density at radius 1 is 0.596 bits per heavy atom. The minimum atomic E-state index is -3.14. The number of nitrogens with zero attached hydrogens (tertiary/aromatic N) is 3. The van der Waals surface area contributed by atoms with E-state index in [-0.39, 0.29) is 0 Å². The van der Waals surface area contributed by atoms with E-state index < -0.39 is 16.5 Å². The van der Waals surface area contributed by atoms with Crippen molar-refractivity contribution >= 4 is 37.9 Å². The third-order valence-corrected chi connectivity index (χ3v) is 20.8. The zero-order chi connectivity index (χ0) is 36.3. The van der Waals surface area contributed by atoms with Gasteiger partial charge in [-0.15, -0.1) is 0 Å². The average molecular weight is 724 g/mol. The van der Waals surface area contributed by atoms with Gasteiger partial charge in [0.1, 0.15) is 0 Å². The molecule has 4 aromatic carbocycles. The fourth-order valence-corrected chi connectivity index (χ4v) is 20.2. The highest BCUT2D eigenvalue weighted by molar-refractivity contribution is 7.71. The lowest BCUT2D eigenvalue weighted by molar-refractivity contribution is 0.297. The van der Waals surface area contributed by atoms with Gasteiger partial charge in [-0.2, -0.15) is 0 Å². The lowest BCUT2D eigenvalue weighted by Gasteiger charge is -2.56. The van der Waals surface area contributed by atoms with E-state index >= 15 is 0 Å². The van der Waals surface area contributed by atoms with Crippen molar-refractivity contribution in [2.75, 3.05) is 17.7 Å². The molecular weight excluding hydrogens is 666 g/mol. The summed E-state index contributed by atoms with van der Waals surface area (Å²) in [5.74, 6) is 2.00. The fourth-order valence-electron chi connectivity index (χ4n) is 10.3. The van der Waals surface area contributed by atoms with E-state index in [0.29, 0.717) is 35.8 Å². The van der Waals surface area contributed by atoms with E-state index in [2.05, 4.69) is 178 Å². The number of para-hydroxylation sites is 1. The molecule has 4 aliphatic rings. The van der Waals surface area contributed by atoms with Crippen LogP contribution in [0.4, 0.5) is 5.69 Å². The van der Waals surface area contributed by atoms with Crippen LogP contribution in [0, 0.1) is 11.8 Å². The van der Waals surface area contributed by atoms with Crippen LogP contribution in [0.15, 0.2) is 120 Å². The molecule has 4 aromatic rings. The summed E-state index contributed by atoms with van der Waals surface area (Å²) in [6.45, 7) is 21.8. The van der Waals surface area contributed by atoms with Crippen molar-refractivity contribution in [1.29, 1.82) is 0 Å². The Balaban J connectivity index is 1.70. The van der Waals surface area contributed by atoms with Crippen LogP contribution >= 0.6 is 8.07 Å². The minimum absolute atomic E-state index is 0.331. The average Bonchev–Trinajstić information content (AvgIpc) is 3.74. The summed E-state index contributed by atoms with van der Waals surface area (Å²) in [5, 5.41) is 6.54. The second kappa shape index (κ2) is 14.2. The maximum absolute atomic E-state index is 3.18. The number of rotatable bonds is 8. The molecular formula is C47H58N3PSi. The Morgan fingerprint density at radius 2 is 1.15 bits per heavy atom. The summed E-state index contributed by atoms with van der Waals surface area (Å²) in [6, 6.07) is 43.4. The van der Waals surface area contributed by atoms with Crippen molar-refractivity contribution in [2.45, 2.75) is 98.6 Å². The fraction of sp³-hybridized carbons (Fsp3) is 0.404. The molecule has 2 heterocycles. The molecule has 2 unspecified atom stereocenters. The Labute approximate surface area is 316 Å². The van der Waals surface area contributed by atoms with Crippen molar-refractivity contribution in [2.24, 2.45) is 11.8 Å². The third-order valence-electron chi connectivity index (χ3n) is 12.4. The number of hydrogen-bond acceptors (Lipinski definition) is 3. The quantitative estimate of drug-likeness (QED) is 0.132. The SMILES string of the molecule is CC(C)c1cccc(C(C)C)c1N1C2=C([C@H]3CC[C@@H]2C3)P2C(c3ccccc3)=C(c3ccccc3)[Si]1(c1ccccc1)N(C(C)C)CCN2C(C)C. The van der Waals surface area contributed by atoms with Crippen LogP contribution in [-0.2, 0) is 0 Å². The smallest absolute Gasteiger partial charge is 0.307 e. The van der Waals surface area contributed by atoms with E-state index in [1.54, 1.807) is 21.5 Å². The molecule has 1 fully saturated rings. The highest BCUT2D eigenvalue weighted by Gasteiger charge is 2.63. The molecule has 0 saturated heterocycles. The predicted octanol–water partition coefficient (Wildman–Crippen LogP) is 11.7. The summed E-state index contributed by atoms with van der Waals surface area (Å²) in [5.41, 5.74) is 9.03. The van der Waals surface area contributed by atoms with E-state index in [1.807, 2.05) is 0 Å². The first-order valence-electron chi connectivity index (χ1n) is 20.1. The van der Waals surface area contributed by atoms with Gasteiger partial charge in [0.25, 0.3) is 0 Å². The minimum Gasteiger partial charge on any atom is -0.350 e. The Bertz CT molecular complexity index is 1940. The van der Waals surface area contributed by atoms with Crippen LogP contribution in [0.5, 0.6) is 0 Å². The van der Waals surface area contributed by atoms with Gasteiger partial charge >= 0.3 is 8.40 Å². The molecule has 0 radical (unpaired) electrons. The number of hydrogen-bond donors (Lipinski definition) is 0. The van der Waals surface area contributed by atoms with Crippen molar-refractivity contribution in [3.8, 4) is 0 Å². The molecule has 1 saturated carbocycles. The van der Waals surface area contributed by atoms with Gasteiger partial charge < -0.3 is 4.57 Å². The van der Waals surface area contributed by atoms with E-state index in [4.69, 9.17) is 0 Å². The van der Waals surface area contributed by atoms with Gasteiger partial charge in [0, 0.05) is 43.9 Å². The Morgan fingerprint density at radius 3 is 1.71 bits per heavy atom. The second-order valence-electron chi connectivity index (χ2n) is 16.8. The van der Waals surface area contributed by atoms with Crippen LogP contribution in [-0.4, -0.2) is 42.8 Å². The van der Waals surface area contributed by atoms with Gasteiger partial charge in [0.2, 0.25) is 0 Å². The van der Waals surface area contributed by atoms with Gasteiger partial charge in [-0.25, -0.2) is 0 Å². The monoisotopic (exact) mass is 723 g/mol. The zero-order valence-electron chi connectivity index (χ0n) is 32.7. The topological polar surface area (TPSA) is 9.72 Å². The highest BCUT2D eigenvalue weighted by Crippen LogP contribution is 2.74. The van der Waals surface area contributed by atoms with Crippen molar-refractivity contribution in [1.82, 2.24) is 9.24 Å². The largest absolute Gasteiger partial charge is 0.350 e. The predicted molar refractivity (Wildman–Crippen MR) is 227 cm³/mol. The number of anilines is 1. The zero-order valence-corrected chi connectivity index (χ0v) is 34.6. The Hall–Kier alpha value is -3.27. The van der Waals surface area contributed by atoms with Gasteiger partial charge in [-0.1, -0.05) is 151 Å². The molecule has 3 nitrogen and oxygen atoms in total. The van der Waals surface area contributed by atoms with Gasteiger partial charge in [-0.05, 0) is 101 Å². The van der Waals surface area contributed by atoms with Crippen LogP contribution in [0.3, 0.4) is 0 Å². The van der Waals surface area contributed by atoms with Crippen molar-refractivity contribution in [3.63, 3.8) is 0 Å². The first kappa shape index (κ1) is 35.7. The summed E-state index contributed by atoms with van der Waals surface area (Å²) in [4.78, 5) is 0. The molecule has 0 spiro atoms. The molecule has 0 N–H and O–H groups in total. The van der Waals surface area contributed by atoms with Crippen LogP contribution < -0.4 is 9.75 Å². The summed E-state index contributed by atoms with van der Waals surface area (Å²) < 4.78 is 9.24. The van der Waals surface area contributed by atoms with E-state index in [0.717, 1.165) is 13.1 Å². The maximum Gasteiger partial charge on any atom is 0.307 e. The molecule has 8 rings (SSSR count). The van der Waals surface area contributed by atoms with Gasteiger partial charge in [0.05, 0.1) is 0 Å². The second-order valence-corrected chi connectivity index (χ2v) is 22.3. The normalized spacial score (nSPS) is 25.2. The number of allylic oxidation sites excluding steroid dienone is 2. The molecule has 2 aliphatic heterocycles. The molecule has 0 amide bonds. The van der Waals surface area contributed by atoms with E-state index in [1.165, 1.54) is 52.4 Å². The lowest BCUT2D eigenvalue weighted by atomic mass is 9.91. The third kappa shape index (κ3) is 5.55. The molecule has 52 heavy (non-hydrogen) atoms. The maximum atomic E-state index is 3.18. The van der Waals surface area contributed by atoms with Gasteiger partial charge in [0.15, 0.2) is 0 Å². The molecule has 4 bridgehead atoms. The van der Waals surface area contributed by atoms with Crippen molar-refractivity contribution in [3.05, 3.63) is 142 Å². The van der Waals surface area contributed by atoms with Gasteiger partial charge in [-0.3, -0.25) is 9.24 Å². The molecule has 2 aliphatic carbocycles. The number of benzene rings is 4. The van der Waals surface area contributed by atoms with E-state index in [9.17, 15) is 0 Å². The standard InChI is InChI=1S/C47H58N3PSi/c1-32(2)41-25-18-26-42(33(3)4)44(41)50-43-38-27-28-39(31-38)45(43)51-46(36-19-12-9-13-20-36)47(37-21-14-10-15-22-37)52(50,40-23-16-11-17-24-40)49(35(7)8)30-29-48(51)34(5)6/h9-26,32-35,38-39H,27-31H2,1-8H3/t38-,39+,51?,52?/m1/s1. The molecule has 270 valence electrons.